The third-order valence-corrected chi connectivity index (χ3v) is 4.23. The molecule has 0 bridgehead atoms. The number of piperidine rings is 1. The number of carbonyl (C=O) groups excluding carboxylic acids is 1. The number of hydrogen-bond acceptors (Lipinski definition) is 5. The van der Waals surface area contributed by atoms with E-state index < -0.39 is 0 Å². The lowest BCUT2D eigenvalue weighted by Gasteiger charge is -2.31. The van der Waals surface area contributed by atoms with E-state index in [1.54, 1.807) is 12.1 Å². The summed E-state index contributed by atoms with van der Waals surface area (Å²) >= 11 is 0. The number of rotatable bonds is 3. The molecule has 3 rings (SSSR count). The Morgan fingerprint density at radius 2 is 2.24 bits per heavy atom. The van der Waals surface area contributed by atoms with E-state index in [-0.39, 0.29) is 5.97 Å². The number of methoxy groups -OCH3 is 1. The van der Waals surface area contributed by atoms with Crippen LogP contribution in [0.4, 0.5) is 0 Å². The standard InChI is InChI=1S/C15H20N4O2/c1-18-9-4-3-6-11(18)10-14-17-16-13-8-5-7-12(19(13)14)15(20)21-2/h5,7-8,11H,3-4,6,9-10H2,1-2H3. The largest absolute Gasteiger partial charge is 0.464 e. The van der Waals surface area contributed by atoms with Crippen LogP contribution in [0.25, 0.3) is 5.65 Å². The fourth-order valence-electron chi connectivity index (χ4n) is 3.01. The van der Waals surface area contributed by atoms with Crippen LogP contribution in [0.3, 0.4) is 0 Å². The minimum Gasteiger partial charge on any atom is -0.464 e. The number of fused-ring (bicyclic) bond motifs is 1. The Morgan fingerprint density at radius 3 is 3.00 bits per heavy atom. The molecule has 0 amide bonds. The van der Waals surface area contributed by atoms with Gasteiger partial charge in [0, 0.05) is 12.5 Å². The van der Waals surface area contributed by atoms with E-state index in [2.05, 4.69) is 22.1 Å². The van der Waals surface area contributed by atoms with E-state index in [9.17, 15) is 4.79 Å². The average molecular weight is 288 g/mol. The molecule has 1 fully saturated rings. The van der Waals surface area contributed by atoms with Crippen LogP contribution in [0, 0.1) is 0 Å². The topological polar surface area (TPSA) is 59.7 Å². The van der Waals surface area contributed by atoms with E-state index >= 15 is 0 Å². The number of hydrogen-bond donors (Lipinski definition) is 0. The van der Waals surface area contributed by atoms with Gasteiger partial charge in [-0.05, 0) is 38.6 Å². The summed E-state index contributed by atoms with van der Waals surface area (Å²) in [5, 5.41) is 8.45. The molecule has 3 heterocycles. The lowest BCUT2D eigenvalue weighted by Crippen LogP contribution is -2.38. The highest BCUT2D eigenvalue weighted by Crippen LogP contribution is 2.19. The lowest BCUT2D eigenvalue weighted by molar-refractivity contribution is 0.0591. The van der Waals surface area contributed by atoms with E-state index in [0.717, 1.165) is 25.2 Å². The first-order chi connectivity index (χ1) is 10.2. The molecule has 1 unspecified atom stereocenters. The molecule has 6 nitrogen and oxygen atoms in total. The zero-order chi connectivity index (χ0) is 14.8. The Morgan fingerprint density at radius 1 is 1.38 bits per heavy atom. The maximum Gasteiger partial charge on any atom is 0.355 e. The minimum atomic E-state index is -0.362. The van der Waals surface area contributed by atoms with Crippen LogP contribution in [0.5, 0.6) is 0 Å². The molecule has 0 aliphatic carbocycles. The monoisotopic (exact) mass is 288 g/mol. The molecule has 2 aromatic rings. The molecule has 1 saturated heterocycles. The second-order valence-electron chi connectivity index (χ2n) is 5.55. The van der Waals surface area contributed by atoms with Gasteiger partial charge in [0.05, 0.1) is 7.11 Å². The maximum atomic E-state index is 11.9. The number of nitrogens with zero attached hydrogens (tertiary/aromatic N) is 4. The smallest absolute Gasteiger partial charge is 0.355 e. The number of likely N-dealkylation sites (tertiary alicyclic amines) is 1. The molecular formula is C15H20N4O2. The van der Waals surface area contributed by atoms with Gasteiger partial charge in [-0.25, -0.2) is 4.79 Å². The number of esters is 1. The Labute approximate surface area is 123 Å². The van der Waals surface area contributed by atoms with E-state index in [4.69, 9.17) is 4.74 Å². The summed E-state index contributed by atoms with van der Waals surface area (Å²) in [6, 6.07) is 5.85. The van der Waals surface area contributed by atoms with Crippen molar-refractivity contribution in [3.05, 3.63) is 29.7 Å². The molecule has 0 spiro atoms. The maximum absolute atomic E-state index is 11.9. The molecule has 1 atom stereocenters. The molecule has 0 aromatic carbocycles. The highest BCUT2D eigenvalue weighted by Gasteiger charge is 2.23. The molecule has 1 aliphatic heterocycles. The Hall–Kier alpha value is -1.95. The van der Waals surface area contributed by atoms with Crippen molar-refractivity contribution in [3.8, 4) is 0 Å². The van der Waals surface area contributed by atoms with Crippen LogP contribution in [0.15, 0.2) is 18.2 Å². The number of pyridine rings is 1. The first kappa shape index (κ1) is 14.0. The fraction of sp³-hybridized carbons (Fsp3) is 0.533. The van der Waals surface area contributed by atoms with Crippen molar-refractivity contribution in [2.75, 3.05) is 20.7 Å². The van der Waals surface area contributed by atoms with Crippen molar-refractivity contribution in [2.24, 2.45) is 0 Å². The minimum absolute atomic E-state index is 0.362. The number of aromatic nitrogens is 3. The van der Waals surface area contributed by atoms with Gasteiger partial charge >= 0.3 is 5.97 Å². The molecule has 6 heteroatoms. The molecular weight excluding hydrogens is 268 g/mol. The van der Waals surface area contributed by atoms with Gasteiger partial charge in [0.25, 0.3) is 0 Å². The number of carbonyl (C=O) groups is 1. The van der Waals surface area contributed by atoms with Crippen molar-refractivity contribution in [1.82, 2.24) is 19.5 Å². The SMILES string of the molecule is COC(=O)c1cccc2nnc(CC3CCCCN3C)n12. The van der Waals surface area contributed by atoms with E-state index in [1.165, 1.54) is 20.0 Å². The quantitative estimate of drug-likeness (QED) is 0.802. The van der Waals surface area contributed by atoms with Crippen LogP contribution >= 0.6 is 0 Å². The predicted molar refractivity (Wildman–Crippen MR) is 78.3 cm³/mol. The van der Waals surface area contributed by atoms with Gasteiger partial charge in [-0.1, -0.05) is 12.5 Å². The van der Waals surface area contributed by atoms with Gasteiger partial charge in [0.1, 0.15) is 11.5 Å². The normalized spacial score (nSPS) is 19.8. The third-order valence-electron chi connectivity index (χ3n) is 4.23. The fourth-order valence-corrected chi connectivity index (χ4v) is 3.01. The van der Waals surface area contributed by atoms with Gasteiger partial charge in [-0.3, -0.25) is 4.40 Å². The summed E-state index contributed by atoms with van der Waals surface area (Å²) < 4.78 is 6.67. The second kappa shape index (κ2) is 5.81. The van der Waals surface area contributed by atoms with Gasteiger partial charge < -0.3 is 9.64 Å². The van der Waals surface area contributed by atoms with Crippen molar-refractivity contribution >= 4 is 11.6 Å². The lowest BCUT2D eigenvalue weighted by atomic mass is 10.00. The number of ether oxygens (including phenoxy) is 1. The Bertz CT molecular complexity index is 652. The number of likely N-dealkylation sites (N-methyl/N-ethyl adjacent to an activating group) is 1. The Balaban J connectivity index is 1.97. The first-order valence-electron chi connectivity index (χ1n) is 7.32. The van der Waals surface area contributed by atoms with Crippen molar-refractivity contribution in [3.63, 3.8) is 0 Å². The van der Waals surface area contributed by atoms with Crippen LogP contribution in [0.1, 0.15) is 35.6 Å². The predicted octanol–water partition coefficient (Wildman–Crippen LogP) is 1.54. The van der Waals surface area contributed by atoms with Crippen molar-refractivity contribution in [1.29, 1.82) is 0 Å². The molecule has 0 saturated carbocycles. The molecule has 1 aliphatic rings. The molecule has 0 radical (unpaired) electrons. The molecule has 112 valence electrons. The second-order valence-corrected chi connectivity index (χ2v) is 5.55. The van der Waals surface area contributed by atoms with Crippen molar-refractivity contribution in [2.45, 2.75) is 31.7 Å². The van der Waals surface area contributed by atoms with Gasteiger partial charge in [-0.2, -0.15) is 0 Å². The average Bonchev–Trinajstić information content (AvgIpc) is 2.92. The molecule has 0 N–H and O–H groups in total. The summed E-state index contributed by atoms with van der Waals surface area (Å²) in [7, 11) is 3.54. The highest BCUT2D eigenvalue weighted by atomic mass is 16.5. The van der Waals surface area contributed by atoms with Crippen LogP contribution in [0.2, 0.25) is 0 Å². The summed E-state index contributed by atoms with van der Waals surface area (Å²) in [6.07, 6.45) is 4.45. The summed E-state index contributed by atoms with van der Waals surface area (Å²) in [5.41, 5.74) is 1.17. The summed E-state index contributed by atoms with van der Waals surface area (Å²) in [4.78, 5) is 14.3. The summed E-state index contributed by atoms with van der Waals surface area (Å²) in [6.45, 7) is 1.12. The van der Waals surface area contributed by atoms with Crippen molar-refractivity contribution < 1.29 is 9.53 Å². The third kappa shape index (κ3) is 2.63. The van der Waals surface area contributed by atoms with Crippen LogP contribution < -0.4 is 0 Å². The van der Waals surface area contributed by atoms with Crippen LogP contribution in [-0.4, -0.2) is 52.2 Å². The highest BCUT2D eigenvalue weighted by molar-refractivity contribution is 5.88. The molecule has 21 heavy (non-hydrogen) atoms. The van der Waals surface area contributed by atoms with Gasteiger partial charge in [0.2, 0.25) is 0 Å². The van der Waals surface area contributed by atoms with Gasteiger partial charge in [0.15, 0.2) is 5.65 Å². The first-order valence-corrected chi connectivity index (χ1v) is 7.32. The van der Waals surface area contributed by atoms with E-state index in [0.29, 0.717) is 17.4 Å². The van der Waals surface area contributed by atoms with E-state index in [1.807, 2.05) is 10.5 Å². The molecule has 2 aromatic heterocycles. The zero-order valence-electron chi connectivity index (χ0n) is 12.5. The van der Waals surface area contributed by atoms with Gasteiger partial charge in [-0.15, -0.1) is 10.2 Å². The zero-order valence-corrected chi connectivity index (χ0v) is 12.5. The summed E-state index contributed by atoms with van der Waals surface area (Å²) in [5.74, 6) is 0.461. The van der Waals surface area contributed by atoms with Crippen LogP contribution in [-0.2, 0) is 11.2 Å². The Kier molecular flexibility index (Phi) is 3.88.